The van der Waals surface area contributed by atoms with E-state index in [0.717, 1.165) is 38.1 Å². The minimum Gasteiger partial charge on any atom is -0.381 e. The van der Waals surface area contributed by atoms with E-state index in [0.29, 0.717) is 0 Å². The largest absolute Gasteiger partial charge is 0.381 e. The van der Waals surface area contributed by atoms with E-state index in [1.807, 2.05) is 0 Å². The third kappa shape index (κ3) is 3.16. The number of hydrogen-bond donors (Lipinski definition) is 1. The standard InChI is InChI=1S/C12H24N2O/c13-5-8-14-6-1-11(2-7-14)12-3-9-15-10-4-12/h11-12H,1-10,13H2. The van der Waals surface area contributed by atoms with Crippen LogP contribution in [0, 0.1) is 11.8 Å². The molecule has 2 N–H and O–H groups in total. The number of likely N-dealkylation sites (tertiary alicyclic amines) is 1. The molecule has 2 aliphatic rings. The van der Waals surface area contributed by atoms with Gasteiger partial charge in [-0.05, 0) is 50.6 Å². The van der Waals surface area contributed by atoms with Gasteiger partial charge in [0.25, 0.3) is 0 Å². The minimum atomic E-state index is 0.807. The van der Waals surface area contributed by atoms with Crippen LogP contribution in [0.4, 0.5) is 0 Å². The summed E-state index contributed by atoms with van der Waals surface area (Å²) < 4.78 is 5.42. The minimum absolute atomic E-state index is 0.807. The Bertz CT molecular complexity index is 172. The average Bonchev–Trinajstić information content (AvgIpc) is 2.32. The van der Waals surface area contributed by atoms with Crippen LogP contribution >= 0.6 is 0 Å². The van der Waals surface area contributed by atoms with Crippen LogP contribution in [0.3, 0.4) is 0 Å². The van der Waals surface area contributed by atoms with Crippen molar-refractivity contribution in [1.29, 1.82) is 0 Å². The van der Waals surface area contributed by atoms with Crippen LogP contribution in [-0.2, 0) is 4.74 Å². The number of hydrogen-bond acceptors (Lipinski definition) is 3. The van der Waals surface area contributed by atoms with E-state index >= 15 is 0 Å². The molecule has 0 aromatic heterocycles. The van der Waals surface area contributed by atoms with E-state index in [-0.39, 0.29) is 0 Å². The lowest BCUT2D eigenvalue weighted by Crippen LogP contribution is -2.39. The van der Waals surface area contributed by atoms with Crippen molar-refractivity contribution in [1.82, 2.24) is 4.90 Å². The Hall–Kier alpha value is -0.120. The molecule has 3 nitrogen and oxygen atoms in total. The van der Waals surface area contributed by atoms with E-state index in [1.165, 1.54) is 38.8 Å². The van der Waals surface area contributed by atoms with Gasteiger partial charge in [0.05, 0.1) is 0 Å². The van der Waals surface area contributed by atoms with Gasteiger partial charge in [-0.15, -0.1) is 0 Å². The molecule has 2 saturated heterocycles. The second-order valence-corrected chi connectivity index (χ2v) is 4.92. The quantitative estimate of drug-likeness (QED) is 0.761. The van der Waals surface area contributed by atoms with Gasteiger partial charge in [-0.25, -0.2) is 0 Å². The van der Waals surface area contributed by atoms with Crippen LogP contribution in [0.15, 0.2) is 0 Å². The van der Waals surface area contributed by atoms with Crippen LogP contribution in [-0.4, -0.2) is 44.3 Å². The molecule has 15 heavy (non-hydrogen) atoms. The Kier molecular flexibility index (Phi) is 4.42. The second-order valence-electron chi connectivity index (χ2n) is 4.92. The maximum Gasteiger partial charge on any atom is 0.0468 e. The van der Waals surface area contributed by atoms with Crippen molar-refractivity contribution in [3.8, 4) is 0 Å². The normalized spacial score (nSPS) is 27.0. The van der Waals surface area contributed by atoms with Crippen molar-refractivity contribution < 1.29 is 4.74 Å². The zero-order chi connectivity index (χ0) is 10.5. The van der Waals surface area contributed by atoms with Crippen molar-refractivity contribution in [2.24, 2.45) is 17.6 Å². The molecule has 0 aliphatic carbocycles. The zero-order valence-electron chi connectivity index (χ0n) is 9.66. The average molecular weight is 212 g/mol. The molecular weight excluding hydrogens is 188 g/mol. The Morgan fingerprint density at radius 2 is 1.60 bits per heavy atom. The Labute approximate surface area is 93.0 Å². The molecule has 0 saturated carbocycles. The molecular formula is C12H24N2O. The number of piperidine rings is 1. The molecule has 2 aliphatic heterocycles. The molecule has 0 aromatic rings. The highest BCUT2D eigenvalue weighted by atomic mass is 16.5. The van der Waals surface area contributed by atoms with Gasteiger partial charge in [0.1, 0.15) is 0 Å². The summed E-state index contributed by atoms with van der Waals surface area (Å²) in [6.45, 7) is 6.41. The molecule has 0 aromatic carbocycles. The summed E-state index contributed by atoms with van der Waals surface area (Å²) in [6, 6.07) is 0. The Morgan fingerprint density at radius 3 is 2.20 bits per heavy atom. The van der Waals surface area contributed by atoms with Crippen molar-refractivity contribution in [3.05, 3.63) is 0 Å². The van der Waals surface area contributed by atoms with Gasteiger partial charge in [0, 0.05) is 26.3 Å². The van der Waals surface area contributed by atoms with E-state index < -0.39 is 0 Å². The van der Waals surface area contributed by atoms with Crippen molar-refractivity contribution in [3.63, 3.8) is 0 Å². The summed E-state index contributed by atoms with van der Waals surface area (Å²) in [5.74, 6) is 1.90. The summed E-state index contributed by atoms with van der Waals surface area (Å²) in [5.41, 5.74) is 5.58. The van der Waals surface area contributed by atoms with Gasteiger partial charge < -0.3 is 15.4 Å². The molecule has 0 unspecified atom stereocenters. The second kappa shape index (κ2) is 5.83. The molecule has 2 heterocycles. The van der Waals surface area contributed by atoms with E-state index in [4.69, 9.17) is 10.5 Å². The fourth-order valence-corrected chi connectivity index (χ4v) is 3.02. The Balaban J connectivity index is 1.72. The maximum absolute atomic E-state index is 5.58. The topological polar surface area (TPSA) is 38.5 Å². The highest BCUT2D eigenvalue weighted by Crippen LogP contribution is 2.31. The molecule has 0 spiro atoms. The molecule has 3 heteroatoms. The van der Waals surface area contributed by atoms with Gasteiger partial charge in [0.15, 0.2) is 0 Å². The van der Waals surface area contributed by atoms with Crippen LogP contribution < -0.4 is 5.73 Å². The molecule has 0 radical (unpaired) electrons. The summed E-state index contributed by atoms with van der Waals surface area (Å²) in [7, 11) is 0. The smallest absolute Gasteiger partial charge is 0.0468 e. The van der Waals surface area contributed by atoms with E-state index in [9.17, 15) is 0 Å². The van der Waals surface area contributed by atoms with Crippen LogP contribution in [0.1, 0.15) is 25.7 Å². The highest BCUT2D eigenvalue weighted by molar-refractivity contribution is 4.79. The Morgan fingerprint density at radius 1 is 1.00 bits per heavy atom. The fourth-order valence-electron chi connectivity index (χ4n) is 3.02. The number of rotatable bonds is 3. The molecule has 2 rings (SSSR count). The summed E-state index contributed by atoms with van der Waals surface area (Å²) in [5, 5.41) is 0. The molecule has 2 fully saturated rings. The van der Waals surface area contributed by atoms with Gasteiger partial charge in [-0.1, -0.05) is 0 Å². The highest BCUT2D eigenvalue weighted by Gasteiger charge is 2.27. The summed E-state index contributed by atoms with van der Waals surface area (Å²) in [4.78, 5) is 2.51. The van der Waals surface area contributed by atoms with Crippen molar-refractivity contribution in [2.75, 3.05) is 39.4 Å². The lowest BCUT2D eigenvalue weighted by molar-refractivity contribution is 0.0307. The van der Waals surface area contributed by atoms with Crippen molar-refractivity contribution >= 4 is 0 Å². The monoisotopic (exact) mass is 212 g/mol. The first-order chi connectivity index (χ1) is 7.40. The molecule has 88 valence electrons. The van der Waals surface area contributed by atoms with Gasteiger partial charge in [-0.2, -0.15) is 0 Å². The van der Waals surface area contributed by atoms with Crippen LogP contribution in [0.5, 0.6) is 0 Å². The third-order valence-corrected chi connectivity index (χ3v) is 4.01. The zero-order valence-corrected chi connectivity index (χ0v) is 9.66. The number of nitrogens with two attached hydrogens (primary N) is 1. The van der Waals surface area contributed by atoms with Gasteiger partial charge in [-0.3, -0.25) is 0 Å². The third-order valence-electron chi connectivity index (χ3n) is 4.01. The van der Waals surface area contributed by atoms with Crippen molar-refractivity contribution in [2.45, 2.75) is 25.7 Å². The van der Waals surface area contributed by atoms with E-state index in [1.54, 1.807) is 0 Å². The molecule has 0 bridgehead atoms. The summed E-state index contributed by atoms with van der Waals surface area (Å²) >= 11 is 0. The first kappa shape index (κ1) is 11.4. The van der Waals surface area contributed by atoms with Gasteiger partial charge in [0.2, 0.25) is 0 Å². The number of ether oxygens (including phenoxy) is 1. The first-order valence-electron chi connectivity index (χ1n) is 6.40. The lowest BCUT2D eigenvalue weighted by atomic mass is 9.80. The SMILES string of the molecule is NCCN1CCC(C2CCOCC2)CC1. The van der Waals surface area contributed by atoms with E-state index in [2.05, 4.69) is 4.90 Å². The predicted octanol–water partition coefficient (Wildman–Crippen LogP) is 1.08. The first-order valence-corrected chi connectivity index (χ1v) is 6.40. The lowest BCUT2D eigenvalue weighted by Gasteiger charge is -2.37. The molecule has 0 amide bonds. The van der Waals surface area contributed by atoms with Crippen LogP contribution in [0.2, 0.25) is 0 Å². The maximum atomic E-state index is 5.58. The van der Waals surface area contributed by atoms with Crippen LogP contribution in [0.25, 0.3) is 0 Å². The molecule has 0 atom stereocenters. The predicted molar refractivity (Wildman–Crippen MR) is 61.8 cm³/mol. The van der Waals surface area contributed by atoms with Gasteiger partial charge >= 0.3 is 0 Å². The number of nitrogens with zero attached hydrogens (tertiary/aromatic N) is 1. The summed E-state index contributed by atoms with van der Waals surface area (Å²) in [6.07, 6.45) is 5.35. The fraction of sp³-hybridized carbons (Fsp3) is 1.00.